The van der Waals surface area contributed by atoms with Crippen LogP contribution in [0, 0.1) is 5.92 Å². The van der Waals surface area contributed by atoms with Crippen LogP contribution in [-0.2, 0) is 17.4 Å². The molecule has 1 saturated carbocycles. The summed E-state index contributed by atoms with van der Waals surface area (Å²) in [6.07, 6.45) is 14.6. The van der Waals surface area contributed by atoms with E-state index in [1.807, 2.05) is 3.88 Å². The van der Waals surface area contributed by atoms with E-state index in [2.05, 4.69) is 44.6 Å². The SMILES string of the molecule is CC1=C(C)C(C)[C]([Ti]([NH]C2CCCCCCCCCC2)[SiH](C)C)=C1C. The van der Waals surface area contributed by atoms with Crippen LogP contribution < -0.4 is 3.80 Å². The number of hydrogen-bond acceptors (Lipinski definition) is 1. The van der Waals surface area contributed by atoms with Gasteiger partial charge in [0.05, 0.1) is 0 Å². The van der Waals surface area contributed by atoms with Gasteiger partial charge in [-0.25, -0.2) is 0 Å². The molecule has 0 aromatic carbocycles. The van der Waals surface area contributed by atoms with Gasteiger partial charge >= 0.3 is 165 Å². The zero-order valence-corrected chi connectivity index (χ0v) is 20.5. The van der Waals surface area contributed by atoms with Crippen molar-refractivity contribution in [1.29, 1.82) is 0 Å². The molecule has 0 saturated heterocycles. The van der Waals surface area contributed by atoms with Crippen LogP contribution in [0.3, 0.4) is 0 Å². The maximum absolute atomic E-state index is 4.38. The topological polar surface area (TPSA) is 12.0 Å². The second-order valence-electron chi connectivity index (χ2n) is 8.88. The molecule has 1 N–H and O–H groups in total. The van der Waals surface area contributed by atoms with Crippen molar-refractivity contribution in [2.24, 2.45) is 5.92 Å². The summed E-state index contributed by atoms with van der Waals surface area (Å²) in [4.78, 5) is 0. The van der Waals surface area contributed by atoms with Crippen molar-refractivity contribution in [3.8, 4) is 0 Å². The second-order valence-corrected chi connectivity index (χ2v) is 21.6. The third kappa shape index (κ3) is 5.93. The zero-order chi connectivity index (χ0) is 18.4. The van der Waals surface area contributed by atoms with Gasteiger partial charge in [0.25, 0.3) is 0 Å². The van der Waals surface area contributed by atoms with Gasteiger partial charge in [-0.2, -0.15) is 0 Å². The molecule has 0 bridgehead atoms. The summed E-state index contributed by atoms with van der Waals surface area (Å²) in [7, 11) is 0. The van der Waals surface area contributed by atoms with Crippen molar-refractivity contribution in [1.82, 2.24) is 3.80 Å². The van der Waals surface area contributed by atoms with Crippen LogP contribution in [0.4, 0.5) is 0 Å². The molecule has 1 unspecified atom stereocenters. The van der Waals surface area contributed by atoms with Crippen LogP contribution >= 0.6 is 0 Å². The van der Waals surface area contributed by atoms with E-state index in [0.29, 0.717) is 0 Å². The molecule has 3 heteroatoms. The van der Waals surface area contributed by atoms with E-state index in [9.17, 15) is 0 Å². The fourth-order valence-electron chi connectivity index (χ4n) is 4.71. The molecule has 1 fully saturated rings. The molecule has 2 aliphatic carbocycles. The van der Waals surface area contributed by atoms with Gasteiger partial charge in [0.15, 0.2) is 0 Å². The maximum atomic E-state index is 4.38. The molecule has 1 nitrogen and oxygen atoms in total. The van der Waals surface area contributed by atoms with Crippen molar-refractivity contribution in [2.45, 2.75) is 111 Å². The third-order valence-electron chi connectivity index (χ3n) is 6.72. The first-order valence-corrected chi connectivity index (χ1v) is 18.1. The first kappa shape index (κ1) is 21.7. The van der Waals surface area contributed by atoms with Crippen molar-refractivity contribution < 1.29 is 17.4 Å². The molecule has 0 amide bonds. The number of nitrogens with one attached hydrogen (secondary N) is 1. The Hall–Kier alpha value is 0.371. The van der Waals surface area contributed by atoms with E-state index in [1.54, 1.807) is 16.7 Å². The Labute approximate surface area is 165 Å². The average molecular weight is 397 g/mol. The number of allylic oxidation sites excluding steroid dienone is 4. The Bertz CT molecular complexity index is 482. The average Bonchev–Trinajstić information content (AvgIpc) is 2.76. The van der Waals surface area contributed by atoms with Crippen LogP contribution in [0.15, 0.2) is 20.6 Å². The molecular formula is C22H42NSiTi. The van der Waals surface area contributed by atoms with Gasteiger partial charge in [0, 0.05) is 0 Å². The summed E-state index contributed by atoms with van der Waals surface area (Å²) in [5.74, 6) is 0.722. The summed E-state index contributed by atoms with van der Waals surface area (Å²) in [6.45, 7) is 14.2. The van der Waals surface area contributed by atoms with E-state index in [1.165, 1.54) is 64.2 Å². The Morgan fingerprint density at radius 3 is 1.68 bits per heavy atom. The monoisotopic (exact) mass is 396 g/mol. The number of rotatable bonds is 4. The molecule has 0 radical (unpaired) electrons. The van der Waals surface area contributed by atoms with E-state index in [4.69, 9.17) is 0 Å². The molecule has 0 aliphatic heterocycles. The van der Waals surface area contributed by atoms with Crippen LogP contribution in [0.25, 0.3) is 0 Å². The summed E-state index contributed by atoms with van der Waals surface area (Å²) in [5, 5.41) is 0. The predicted octanol–water partition coefficient (Wildman–Crippen LogP) is 6.64. The molecule has 2 rings (SSSR count). The quantitative estimate of drug-likeness (QED) is 0.526. The van der Waals surface area contributed by atoms with Gasteiger partial charge in [0.1, 0.15) is 0 Å². The Kier molecular flexibility index (Phi) is 9.22. The summed E-state index contributed by atoms with van der Waals surface area (Å²) < 4.78 is 6.29. The van der Waals surface area contributed by atoms with Gasteiger partial charge in [-0.1, -0.05) is 0 Å². The van der Waals surface area contributed by atoms with Gasteiger partial charge in [-0.15, -0.1) is 0 Å². The van der Waals surface area contributed by atoms with Crippen molar-refractivity contribution in [3.05, 3.63) is 20.6 Å². The second kappa shape index (κ2) is 10.6. The fourth-order valence-corrected chi connectivity index (χ4v) is 16.4. The van der Waals surface area contributed by atoms with Crippen LogP contribution in [-0.4, -0.2) is 12.7 Å². The predicted molar refractivity (Wildman–Crippen MR) is 112 cm³/mol. The van der Waals surface area contributed by atoms with Gasteiger partial charge in [-0.05, 0) is 0 Å². The summed E-state index contributed by atoms with van der Waals surface area (Å²) >= 11 is -1.30. The van der Waals surface area contributed by atoms with Crippen molar-refractivity contribution >= 4 is 6.66 Å². The minimum atomic E-state index is -1.30. The van der Waals surface area contributed by atoms with Crippen LogP contribution in [0.2, 0.25) is 13.1 Å². The molecule has 143 valence electrons. The molecule has 2 aliphatic rings. The third-order valence-corrected chi connectivity index (χ3v) is 18.5. The van der Waals surface area contributed by atoms with Gasteiger partial charge in [-0.3, -0.25) is 0 Å². The molecule has 25 heavy (non-hydrogen) atoms. The number of hydrogen-bond donors (Lipinski definition) is 1. The normalized spacial score (nSPS) is 24.8. The first-order chi connectivity index (χ1) is 11.9. The zero-order valence-electron chi connectivity index (χ0n) is 17.8. The minimum absolute atomic E-state index is 0.625. The van der Waals surface area contributed by atoms with E-state index >= 15 is 0 Å². The Morgan fingerprint density at radius 1 is 0.800 bits per heavy atom. The molecule has 0 spiro atoms. The van der Waals surface area contributed by atoms with E-state index in [-0.39, 0.29) is 0 Å². The molecule has 1 atom stereocenters. The van der Waals surface area contributed by atoms with Gasteiger partial charge < -0.3 is 0 Å². The Morgan fingerprint density at radius 2 is 1.28 bits per heavy atom. The molecule has 0 aromatic heterocycles. The molecular weight excluding hydrogens is 354 g/mol. The molecule has 0 aromatic rings. The van der Waals surface area contributed by atoms with Gasteiger partial charge in [0.2, 0.25) is 0 Å². The van der Waals surface area contributed by atoms with Crippen LogP contribution in [0.1, 0.15) is 91.9 Å². The summed E-state index contributed by atoms with van der Waals surface area (Å²) in [6, 6.07) is 0.816. The molecule has 0 heterocycles. The van der Waals surface area contributed by atoms with Crippen molar-refractivity contribution in [3.63, 3.8) is 0 Å². The fraction of sp³-hybridized carbons (Fsp3) is 0.818. The summed E-state index contributed by atoms with van der Waals surface area (Å²) in [5.41, 5.74) is 4.92. The van der Waals surface area contributed by atoms with Crippen molar-refractivity contribution in [2.75, 3.05) is 0 Å². The van der Waals surface area contributed by atoms with Crippen LogP contribution in [0.5, 0.6) is 0 Å². The van der Waals surface area contributed by atoms with E-state index < -0.39 is 24.0 Å². The Balaban J connectivity index is 2.09. The standard InChI is InChI=1S/C11H22N.C9H13.C2H7Si.Ti/c12-11-9-7-5-3-1-2-4-6-8-10-11;1-6-5-7(2)9(4)8(6)3;1-3-2;/h11-12H,1-10H2;6H,1-4H3;3H,1-2H3;/q-1;;;+1. The van der Waals surface area contributed by atoms with E-state index in [0.717, 1.165) is 12.0 Å². The first-order valence-electron chi connectivity index (χ1n) is 11.0.